The molecule has 0 radical (unpaired) electrons. The van der Waals surface area contributed by atoms with Gasteiger partial charge in [-0.1, -0.05) is 40.0 Å². The van der Waals surface area contributed by atoms with E-state index in [4.69, 9.17) is 12.2 Å². The van der Waals surface area contributed by atoms with Gasteiger partial charge in [-0.25, -0.2) is 8.42 Å². The van der Waals surface area contributed by atoms with Crippen LogP contribution in [0.1, 0.15) is 52.9 Å². The van der Waals surface area contributed by atoms with Crippen molar-refractivity contribution >= 4 is 38.9 Å². The Bertz CT molecular complexity index is 777. The van der Waals surface area contributed by atoms with Crippen molar-refractivity contribution in [1.29, 1.82) is 0 Å². The van der Waals surface area contributed by atoms with E-state index in [9.17, 15) is 13.2 Å². The Morgan fingerprint density at radius 3 is 2.19 bits per heavy atom. The quantitative estimate of drug-likeness (QED) is 0.742. The molecule has 0 atom stereocenters. The third-order valence-electron chi connectivity index (χ3n) is 4.79. The van der Waals surface area contributed by atoms with Crippen LogP contribution in [0, 0.1) is 5.41 Å². The van der Waals surface area contributed by atoms with E-state index in [-0.39, 0.29) is 22.0 Å². The molecular formula is C19H29N3O3S2. The number of hydrogen-bond acceptors (Lipinski definition) is 4. The first-order valence-corrected chi connectivity index (χ1v) is 11.1. The molecule has 0 aromatic heterocycles. The molecule has 0 heterocycles. The van der Waals surface area contributed by atoms with Gasteiger partial charge in [0.25, 0.3) is 0 Å². The van der Waals surface area contributed by atoms with Crippen molar-refractivity contribution in [3.8, 4) is 0 Å². The molecule has 6 nitrogen and oxygen atoms in total. The minimum absolute atomic E-state index is 0.0711. The lowest BCUT2D eigenvalue weighted by molar-refractivity contribution is -0.126. The minimum atomic E-state index is -3.52. The van der Waals surface area contributed by atoms with E-state index in [1.807, 2.05) is 0 Å². The number of hydrogen-bond donors (Lipinski definition) is 2. The molecule has 0 aliphatic heterocycles. The third-order valence-corrected chi connectivity index (χ3v) is 6.91. The molecule has 2 rings (SSSR count). The van der Waals surface area contributed by atoms with E-state index in [0.29, 0.717) is 5.69 Å². The lowest BCUT2D eigenvalue weighted by Crippen LogP contribution is -2.41. The summed E-state index contributed by atoms with van der Waals surface area (Å²) < 4.78 is 27.2. The maximum Gasteiger partial charge on any atom is 0.243 e. The molecule has 1 aliphatic carbocycles. The molecule has 27 heavy (non-hydrogen) atoms. The van der Waals surface area contributed by atoms with E-state index in [2.05, 4.69) is 10.6 Å². The molecule has 1 fully saturated rings. The second-order valence-electron chi connectivity index (χ2n) is 8.00. The molecule has 0 spiro atoms. The zero-order valence-corrected chi connectivity index (χ0v) is 18.0. The largest absolute Gasteiger partial charge is 0.332 e. The molecule has 0 bridgehead atoms. The van der Waals surface area contributed by atoms with Crippen molar-refractivity contribution in [3.05, 3.63) is 24.3 Å². The fourth-order valence-electron chi connectivity index (χ4n) is 2.97. The highest BCUT2D eigenvalue weighted by molar-refractivity contribution is 7.89. The average molecular weight is 412 g/mol. The van der Waals surface area contributed by atoms with Gasteiger partial charge in [0, 0.05) is 24.2 Å². The molecule has 1 aliphatic rings. The van der Waals surface area contributed by atoms with Gasteiger partial charge < -0.3 is 10.6 Å². The molecule has 1 aromatic carbocycles. The van der Waals surface area contributed by atoms with Gasteiger partial charge in [0.15, 0.2) is 5.11 Å². The molecule has 0 saturated heterocycles. The van der Waals surface area contributed by atoms with Crippen LogP contribution >= 0.6 is 12.2 Å². The summed E-state index contributed by atoms with van der Waals surface area (Å²) >= 11 is 5.14. The summed E-state index contributed by atoms with van der Waals surface area (Å²) in [5, 5.41) is 5.72. The van der Waals surface area contributed by atoms with E-state index in [1.54, 1.807) is 52.1 Å². The summed E-state index contributed by atoms with van der Waals surface area (Å²) in [5.41, 5.74) is 0.0707. The Labute approximate surface area is 167 Å². The van der Waals surface area contributed by atoms with E-state index < -0.39 is 15.4 Å². The molecule has 2 N–H and O–H groups in total. The molecule has 1 amide bonds. The van der Waals surface area contributed by atoms with Gasteiger partial charge in [-0.15, -0.1) is 0 Å². The molecule has 150 valence electrons. The van der Waals surface area contributed by atoms with Gasteiger partial charge in [0.05, 0.1) is 4.90 Å². The second kappa shape index (κ2) is 8.67. The summed E-state index contributed by atoms with van der Waals surface area (Å²) in [7, 11) is -1.86. The van der Waals surface area contributed by atoms with Crippen LogP contribution in [-0.2, 0) is 14.8 Å². The minimum Gasteiger partial charge on any atom is -0.332 e. The van der Waals surface area contributed by atoms with Crippen LogP contribution in [0.5, 0.6) is 0 Å². The van der Waals surface area contributed by atoms with Crippen molar-refractivity contribution < 1.29 is 13.2 Å². The zero-order valence-electron chi connectivity index (χ0n) is 16.4. The number of anilines is 1. The number of amides is 1. The number of rotatable bonds is 4. The Morgan fingerprint density at radius 1 is 1.11 bits per heavy atom. The van der Waals surface area contributed by atoms with E-state index in [0.717, 1.165) is 25.7 Å². The summed E-state index contributed by atoms with van der Waals surface area (Å²) in [4.78, 5) is 12.2. The van der Waals surface area contributed by atoms with E-state index >= 15 is 0 Å². The maximum atomic E-state index is 12.8. The number of sulfonamides is 1. The summed E-state index contributed by atoms with van der Waals surface area (Å²) in [6.45, 7) is 5.40. The van der Waals surface area contributed by atoms with Crippen LogP contribution in [0.3, 0.4) is 0 Å². The Morgan fingerprint density at radius 2 is 1.67 bits per heavy atom. The zero-order chi connectivity index (χ0) is 20.2. The predicted octanol–water partition coefficient (Wildman–Crippen LogP) is 3.50. The van der Waals surface area contributed by atoms with Crippen molar-refractivity contribution in [1.82, 2.24) is 9.62 Å². The van der Waals surface area contributed by atoms with Gasteiger partial charge >= 0.3 is 0 Å². The molecule has 0 unspecified atom stereocenters. The number of nitrogens with zero attached hydrogens (tertiary/aromatic N) is 1. The summed E-state index contributed by atoms with van der Waals surface area (Å²) in [6.07, 6.45) is 5.15. The lowest BCUT2D eigenvalue weighted by Gasteiger charge is -2.30. The number of benzene rings is 1. The first kappa shape index (κ1) is 21.8. The first-order valence-electron chi connectivity index (χ1n) is 9.22. The highest BCUT2D eigenvalue weighted by Crippen LogP contribution is 2.27. The maximum absolute atomic E-state index is 12.8. The van der Waals surface area contributed by atoms with Crippen LogP contribution in [0.4, 0.5) is 5.69 Å². The Kier molecular flexibility index (Phi) is 6.99. The molecule has 8 heteroatoms. The van der Waals surface area contributed by atoms with Crippen LogP contribution in [-0.4, -0.2) is 36.8 Å². The number of nitrogens with one attached hydrogen (secondary N) is 2. The van der Waals surface area contributed by atoms with Crippen LogP contribution in [0.2, 0.25) is 0 Å². The fraction of sp³-hybridized carbons (Fsp3) is 0.579. The van der Waals surface area contributed by atoms with E-state index in [1.165, 1.54) is 10.7 Å². The van der Waals surface area contributed by atoms with Crippen molar-refractivity contribution in [2.24, 2.45) is 5.41 Å². The van der Waals surface area contributed by atoms with Crippen LogP contribution < -0.4 is 10.6 Å². The Hall–Kier alpha value is -1.51. The normalized spacial score (nSPS) is 16.2. The topological polar surface area (TPSA) is 78.5 Å². The van der Waals surface area contributed by atoms with Gasteiger partial charge in [0.1, 0.15) is 0 Å². The predicted molar refractivity (Wildman–Crippen MR) is 112 cm³/mol. The monoisotopic (exact) mass is 411 g/mol. The van der Waals surface area contributed by atoms with Gasteiger partial charge in [-0.2, -0.15) is 4.31 Å². The van der Waals surface area contributed by atoms with Crippen molar-refractivity contribution in [3.63, 3.8) is 0 Å². The summed E-state index contributed by atoms with van der Waals surface area (Å²) in [5.74, 6) is -0.187. The van der Waals surface area contributed by atoms with Crippen molar-refractivity contribution in [2.75, 3.05) is 12.4 Å². The van der Waals surface area contributed by atoms with Gasteiger partial charge in [0.2, 0.25) is 15.9 Å². The fourth-order valence-corrected chi connectivity index (χ4v) is 4.60. The second-order valence-corrected chi connectivity index (χ2v) is 10.4. The SMILES string of the molecule is CN(C1CCCCC1)S(=O)(=O)c1ccc(NC(=S)NC(=O)C(C)(C)C)cc1. The highest BCUT2D eigenvalue weighted by Gasteiger charge is 2.29. The number of thiocarbonyl (C=S) groups is 1. The number of carbonyl (C=O) groups is 1. The van der Waals surface area contributed by atoms with Gasteiger partial charge in [-0.3, -0.25) is 4.79 Å². The third kappa shape index (κ3) is 5.73. The smallest absolute Gasteiger partial charge is 0.243 e. The van der Waals surface area contributed by atoms with Crippen LogP contribution in [0.15, 0.2) is 29.2 Å². The van der Waals surface area contributed by atoms with Crippen LogP contribution in [0.25, 0.3) is 0 Å². The van der Waals surface area contributed by atoms with Gasteiger partial charge in [-0.05, 0) is 49.3 Å². The molecule has 1 saturated carbocycles. The molecule has 1 aromatic rings. The molecular weight excluding hydrogens is 382 g/mol. The average Bonchev–Trinajstić information content (AvgIpc) is 2.61. The number of carbonyl (C=O) groups excluding carboxylic acids is 1. The van der Waals surface area contributed by atoms with Crippen molar-refractivity contribution in [2.45, 2.75) is 63.8 Å². The lowest BCUT2D eigenvalue weighted by atomic mass is 9.96. The summed E-state index contributed by atoms with van der Waals surface area (Å²) in [6, 6.07) is 6.49. The first-order chi connectivity index (χ1) is 12.5. The highest BCUT2D eigenvalue weighted by atomic mass is 32.2. The standard InChI is InChI=1S/C19H29N3O3S2/c1-19(2,3)17(23)21-18(26)20-14-10-12-16(13-11-14)27(24,25)22(4)15-8-6-5-7-9-15/h10-13,15H,5-9H2,1-4H3,(H2,20,21,23,26). The Balaban J connectivity index is 2.03.